The van der Waals surface area contributed by atoms with Crippen LogP contribution in [-0.2, 0) is 6.42 Å². The molecule has 1 aromatic rings. The van der Waals surface area contributed by atoms with Crippen LogP contribution in [0.15, 0.2) is 18.2 Å². The third-order valence-corrected chi connectivity index (χ3v) is 2.90. The smallest absolute Gasteiger partial charge is 0.0343 e. The van der Waals surface area contributed by atoms with Crippen molar-refractivity contribution in [1.82, 2.24) is 0 Å². The predicted octanol–water partition coefficient (Wildman–Crippen LogP) is 4.09. The summed E-state index contributed by atoms with van der Waals surface area (Å²) >= 11 is 0. The molecule has 0 atom stereocenters. The molecule has 0 amide bonds. The van der Waals surface area contributed by atoms with Crippen LogP contribution in [-0.4, -0.2) is 0 Å². The van der Waals surface area contributed by atoms with E-state index in [0.717, 1.165) is 5.69 Å². The van der Waals surface area contributed by atoms with E-state index in [4.69, 9.17) is 5.73 Å². The van der Waals surface area contributed by atoms with Gasteiger partial charge in [0.25, 0.3) is 0 Å². The van der Waals surface area contributed by atoms with Gasteiger partial charge in [-0.25, -0.2) is 0 Å². The molecule has 0 spiro atoms. The summed E-state index contributed by atoms with van der Waals surface area (Å²) in [5.41, 5.74) is 9.33. The minimum absolute atomic E-state index is 0.907. The molecule has 1 aromatic carbocycles. The highest BCUT2D eigenvalue weighted by molar-refractivity contribution is 5.47. The molecule has 1 heteroatoms. The molecule has 0 saturated carbocycles. The Hall–Kier alpha value is -0.980. The molecule has 2 N–H and O–H groups in total. The molecule has 1 rings (SSSR count). The lowest BCUT2D eigenvalue weighted by atomic mass is 10.0. The van der Waals surface area contributed by atoms with E-state index in [0.29, 0.717) is 0 Å². The Bertz CT molecular complexity index is 291. The Labute approximate surface area is 93.7 Å². The second-order valence-corrected chi connectivity index (χ2v) is 4.36. The summed E-state index contributed by atoms with van der Waals surface area (Å²) in [6, 6.07) is 6.40. The van der Waals surface area contributed by atoms with Crippen LogP contribution in [0.2, 0.25) is 0 Å². The van der Waals surface area contributed by atoms with Crippen molar-refractivity contribution in [2.24, 2.45) is 0 Å². The second-order valence-electron chi connectivity index (χ2n) is 4.36. The molecule has 1 nitrogen and oxygen atoms in total. The van der Waals surface area contributed by atoms with Gasteiger partial charge in [0.1, 0.15) is 0 Å². The normalized spacial score (nSPS) is 10.5. The Morgan fingerprint density at radius 2 is 1.80 bits per heavy atom. The first kappa shape index (κ1) is 12.1. The number of hydrogen-bond donors (Lipinski definition) is 1. The molecule has 0 saturated heterocycles. The van der Waals surface area contributed by atoms with E-state index in [9.17, 15) is 0 Å². The lowest BCUT2D eigenvalue weighted by Crippen LogP contribution is -1.92. The number of hydrogen-bond acceptors (Lipinski definition) is 1. The van der Waals surface area contributed by atoms with E-state index in [-0.39, 0.29) is 0 Å². The van der Waals surface area contributed by atoms with Gasteiger partial charge < -0.3 is 5.73 Å². The van der Waals surface area contributed by atoms with Crippen LogP contribution >= 0.6 is 0 Å². The van der Waals surface area contributed by atoms with Gasteiger partial charge in [0.2, 0.25) is 0 Å². The maximum absolute atomic E-state index is 5.78. The van der Waals surface area contributed by atoms with Crippen LogP contribution in [0.3, 0.4) is 0 Å². The highest BCUT2D eigenvalue weighted by atomic mass is 14.5. The van der Waals surface area contributed by atoms with Crippen molar-refractivity contribution in [1.29, 1.82) is 0 Å². The first-order valence-corrected chi connectivity index (χ1v) is 6.09. The lowest BCUT2D eigenvalue weighted by molar-refractivity contribution is 0.632. The zero-order chi connectivity index (χ0) is 11.1. The Balaban J connectivity index is 2.28. The average Bonchev–Trinajstić information content (AvgIpc) is 2.23. The SMILES string of the molecule is CCCCCCCc1ccc(N)c(C)c1. The molecule has 0 fully saturated rings. The van der Waals surface area contributed by atoms with Crippen LogP contribution in [0, 0.1) is 6.92 Å². The molecular formula is C14H23N. The van der Waals surface area contributed by atoms with Crippen LogP contribution in [0.4, 0.5) is 5.69 Å². The monoisotopic (exact) mass is 205 g/mol. The summed E-state index contributed by atoms with van der Waals surface area (Å²) in [4.78, 5) is 0. The summed E-state index contributed by atoms with van der Waals surface area (Å²) in [6.07, 6.45) is 7.94. The van der Waals surface area contributed by atoms with Crippen LogP contribution < -0.4 is 5.73 Å². The van der Waals surface area contributed by atoms with E-state index >= 15 is 0 Å². The molecule has 0 aliphatic heterocycles. The molecule has 0 aromatic heterocycles. The van der Waals surface area contributed by atoms with Gasteiger partial charge in [-0.15, -0.1) is 0 Å². The van der Waals surface area contributed by atoms with Gasteiger partial charge in [0.15, 0.2) is 0 Å². The Morgan fingerprint density at radius 3 is 2.47 bits per heavy atom. The van der Waals surface area contributed by atoms with Crippen molar-refractivity contribution in [3.63, 3.8) is 0 Å². The van der Waals surface area contributed by atoms with Gasteiger partial charge in [-0.05, 0) is 37.0 Å². The van der Waals surface area contributed by atoms with E-state index in [2.05, 4.69) is 26.0 Å². The molecule has 15 heavy (non-hydrogen) atoms. The van der Waals surface area contributed by atoms with E-state index < -0.39 is 0 Å². The fourth-order valence-corrected chi connectivity index (χ4v) is 1.83. The van der Waals surface area contributed by atoms with Gasteiger partial charge in [0, 0.05) is 5.69 Å². The van der Waals surface area contributed by atoms with E-state index in [1.807, 2.05) is 6.07 Å². The zero-order valence-electron chi connectivity index (χ0n) is 10.1. The standard InChI is InChI=1S/C14H23N/c1-3-4-5-6-7-8-13-9-10-14(15)12(2)11-13/h9-11H,3-8,15H2,1-2H3. The molecule has 84 valence electrons. The molecular weight excluding hydrogens is 182 g/mol. The van der Waals surface area contributed by atoms with Gasteiger partial charge in [0.05, 0.1) is 0 Å². The highest BCUT2D eigenvalue weighted by Crippen LogP contribution is 2.15. The Morgan fingerprint density at radius 1 is 1.07 bits per heavy atom. The van der Waals surface area contributed by atoms with Crippen molar-refractivity contribution in [3.8, 4) is 0 Å². The third-order valence-electron chi connectivity index (χ3n) is 2.90. The fraction of sp³-hybridized carbons (Fsp3) is 0.571. The first-order valence-electron chi connectivity index (χ1n) is 6.09. The maximum Gasteiger partial charge on any atom is 0.0343 e. The molecule has 0 unspecified atom stereocenters. The summed E-state index contributed by atoms with van der Waals surface area (Å²) in [5, 5.41) is 0. The topological polar surface area (TPSA) is 26.0 Å². The molecule has 0 aliphatic carbocycles. The molecule has 0 heterocycles. The van der Waals surface area contributed by atoms with Gasteiger partial charge in [-0.2, -0.15) is 0 Å². The van der Waals surface area contributed by atoms with Crippen molar-refractivity contribution in [2.75, 3.05) is 5.73 Å². The minimum Gasteiger partial charge on any atom is -0.399 e. The number of rotatable bonds is 6. The van der Waals surface area contributed by atoms with Gasteiger partial charge in [-0.1, -0.05) is 44.7 Å². The quantitative estimate of drug-likeness (QED) is 0.549. The highest BCUT2D eigenvalue weighted by Gasteiger charge is 1.97. The van der Waals surface area contributed by atoms with E-state index in [1.54, 1.807) is 0 Å². The summed E-state index contributed by atoms with van der Waals surface area (Å²) in [6.45, 7) is 4.33. The van der Waals surface area contributed by atoms with Crippen LogP contribution in [0.25, 0.3) is 0 Å². The van der Waals surface area contributed by atoms with Gasteiger partial charge >= 0.3 is 0 Å². The van der Waals surface area contributed by atoms with Crippen molar-refractivity contribution in [2.45, 2.75) is 52.4 Å². The Kier molecular flexibility index (Phi) is 5.23. The number of unbranched alkanes of at least 4 members (excludes halogenated alkanes) is 4. The summed E-state index contributed by atoms with van der Waals surface area (Å²) in [5.74, 6) is 0. The predicted molar refractivity (Wildman–Crippen MR) is 68.1 cm³/mol. The summed E-state index contributed by atoms with van der Waals surface area (Å²) in [7, 11) is 0. The molecule has 0 radical (unpaired) electrons. The van der Waals surface area contributed by atoms with Crippen molar-refractivity contribution >= 4 is 5.69 Å². The number of nitrogen functional groups attached to an aromatic ring is 1. The van der Waals surface area contributed by atoms with Crippen molar-refractivity contribution in [3.05, 3.63) is 29.3 Å². The average molecular weight is 205 g/mol. The zero-order valence-corrected chi connectivity index (χ0v) is 10.1. The summed E-state index contributed by atoms with van der Waals surface area (Å²) < 4.78 is 0. The molecule has 0 aliphatic rings. The number of aryl methyl sites for hydroxylation is 2. The van der Waals surface area contributed by atoms with Crippen LogP contribution in [0.5, 0.6) is 0 Å². The van der Waals surface area contributed by atoms with Crippen molar-refractivity contribution < 1.29 is 0 Å². The second kappa shape index (κ2) is 6.49. The number of benzene rings is 1. The molecule has 0 bridgehead atoms. The minimum atomic E-state index is 0.907. The maximum atomic E-state index is 5.78. The largest absolute Gasteiger partial charge is 0.399 e. The number of nitrogens with two attached hydrogens (primary N) is 1. The number of anilines is 1. The van der Waals surface area contributed by atoms with Gasteiger partial charge in [-0.3, -0.25) is 0 Å². The fourth-order valence-electron chi connectivity index (χ4n) is 1.83. The van der Waals surface area contributed by atoms with Crippen LogP contribution in [0.1, 0.15) is 50.2 Å². The van der Waals surface area contributed by atoms with E-state index in [1.165, 1.54) is 49.7 Å². The first-order chi connectivity index (χ1) is 7.24. The third kappa shape index (κ3) is 4.37. The lowest BCUT2D eigenvalue weighted by Gasteiger charge is -2.05.